The molecule has 0 bridgehead atoms. The van der Waals surface area contributed by atoms with Crippen molar-refractivity contribution in [2.24, 2.45) is 17.6 Å². The van der Waals surface area contributed by atoms with E-state index >= 15 is 0 Å². The quantitative estimate of drug-likeness (QED) is 0.223. The van der Waals surface area contributed by atoms with Crippen LogP contribution < -0.4 is 5.73 Å². The van der Waals surface area contributed by atoms with Crippen LogP contribution in [0, 0.1) is 18.8 Å². The lowest BCUT2D eigenvalue weighted by Gasteiger charge is -2.28. The molecule has 0 aliphatic heterocycles. The second-order valence-electron chi connectivity index (χ2n) is 9.25. The zero-order valence-electron chi connectivity index (χ0n) is 22.2. The Morgan fingerprint density at radius 3 is 2.17 bits per heavy atom. The fraction of sp³-hybridized carbons (Fsp3) is 0.467. The molecule has 3 atom stereocenters. The van der Waals surface area contributed by atoms with Gasteiger partial charge < -0.3 is 15.4 Å². The minimum Gasteiger partial charge on any atom is -0.479 e. The summed E-state index contributed by atoms with van der Waals surface area (Å²) in [7, 11) is 1.89. The maximum absolute atomic E-state index is 13.2. The third-order valence-corrected chi connectivity index (χ3v) is 6.37. The molecule has 2 N–H and O–H groups in total. The summed E-state index contributed by atoms with van der Waals surface area (Å²) in [6.45, 7) is 15.7. The molecule has 0 fully saturated rings. The average molecular weight is 505 g/mol. The number of allylic oxidation sites excluding steroid dienone is 1. The van der Waals surface area contributed by atoms with E-state index in [4.69, 9.17) is 10.5 Å². The Bertz CT molecular complexity index is 872. The Labute approximate surface area is 215 Å². The van der Waals surface area contributed by atoms with Crippen LogP contribution in [0.25, 0.3) is 0 Å². The van der Waals surface area contributed by atoms with E-state index in [-0.39, 0.29) is 11.8 Å². The van der Waals surface area contributed by atoms with Gasteiger partial charge in [0.2, 0.25) is 0 Å². The summed E-state index contributed by atoms with van der Waals surface area (Å²) < 4.78 is 45.4. The molecule has 0 saturated carbocycles. The summed E-state index contributed by atoms with van der Waals surface area (Å²) in [5.41, 5.74) is 6.52. The Morgan fingerprint density at radius 1 is 1.11 bits per heavy atom. The first-order valence-corrected chi connectivity index (χ1v) is 12.6. The zero-order valence-corrected chi connectivity index (χ0v) is 22.2. The maximum Gasteiger partial charge on any atom is 0.416 e. The van der Waals surface area contributed by atoms with Gasteiger partial charge in [0.15, 0.2) is 5.88 Å². The molecule has 2 rings (SSSR count). The van der Waals surface area contributed by atoms with Gasteiger partial charge in [-0.1, -0.05) is 68.8 Å². The van der Waals surface area contributed by atoms with E-state index in [0.717, 1.165) is 30.9 Å². The van der Waals surface area contributed by atoms with Crippen molar-refractivity contribution in [3.8, 4) is 0 Å². The molecule has 0 saturated heterocycles. The number of benzene rings is 2. The first-order valence-electron chi connectivity index (χ1n) is 12.6. The minimum atomic E-state index is -4.35. The van der Waals surface area contributed by atoms with Crippen molar-refractivity contribution in [3.05, 3.63) is 96.4 Å². The first kappa shape index (κ1) is 31.3. The fourth-order valence-electron chi connectivity index (χ4n) is 4.02. The van der Waals surface area contributed by atoms with Crippen molar-refractivity contribution in [1.82, 2.24) is 4.90 Å². The number of nitrogens with two attached hydrogens (primary N) is 1. The highest BCUT2D eigenvalue weighted by molar-refractivity contribution is 5.37. The Balaban J connectivity index is 0.000000936. The highest BCUT2D eigenvalue weighted by atomic mass is 19.4. The predicted molar refractivity (Wildman–Crippen MR) is 145 cm³/mol. The van der Waals surface area contributed by atoms with Crippen molar-refractivity contribution in [1.29, 1.82) is 0 Å². The predicted octanol–water partition coefficient (Wildman–Crippen LogP) is 7.79. The molecule has 2 aromatic carbocycles. The topological polar surface area (TPSA) is 38.5 Å². The van der Waals surface area contributed by atoms with Gasteiger partial charge in [-0.3, -0.25) is 0 Å². The van der Waals surface area contributed by atoms with Gasteiger partial charge in [-0.05, 0) is 61.4 Å². The molecule has 0 amide bonds. The van der Waals surface area contributed by atoms with Crippen LogP contribution in [0.5, 0.6) is 0 Å². The molecule has 0 aliphatic carbocycles. The summed E-state index contributed by atoms with van der Waals surface area (Å²) in [5.74, 6) is 1.00. The summed E-state index contributed by atoms with van der Waals surface area (Å²) in [4.78, 5) is 1.88. The maximum atomic E-state index is 13.2. The van der Waals surface area contributed by atoms with E-state index < -0.39 is 11.7 Å². The lowest BCUT2D eigenvalue weighted by Crippen LogP contribution is -2.26. The van der Waals surface area contributed by atoms with E-state index in [0.29, 0.717) is 37.1 Å². The van der Waals surface area contributed by atoms with Crippen LogP contribution in [0.1, 0.15) is 55.7 Å². The van der Waals surface area contributed by atoms with Gasteiger partial charge in [0.25, 0.3) is 0 Å². The van der Waals surface area contributed by atoms with E-state index in [1.165, 1.54) is 6.07 Å². The zero-order chi connectivity index (χ0) is 27.1. The number of halogens is 3. The molecular weight excluding hydrogens is 461 g/mol. The van der Waals surface area contributed by atoms with Gasteiger partial charge in [0.05, 0.1) is 12.2 Å². The number of likely N-dealkylation sites (N-methyl/N-ethyl adjacent to an activating group) is 1. The number of aryl methyl sites for hydroxylation is 1. The van der Waals surface area contributed by atoms with Crippen molar-refractivity contribution < 1.29 is 17.9 Å². The molecule has 0 aliphatic rings. The van der Waals surface area contributed by atoms with Crippen LogP contribution in [0.4, 0.5) is 13.2 Å². The third-order valence-electron chi connectivity index (χ3n) is 6.37. The van der Waals surface area contributed by atoms with Gasteiger partial charge in [0, 0.05) is 26.1 Å². The minimum absolute atomic E-state index is 0.115. The number of rotatable bonds is 13. The molecule has 200 valence electrons. The van der Waals surface area contributed by atoms with Crippen molar-refractivity contribution in [2.75, 3.05) is 26.7 Å². The number of ether oxygens (including phenoxy) is 1. The number of nitrogens with zero attached hydrogens (tertiary/aromatic N) is 1. The molecule has 3 nitrogen and oxygen atoms in total. The summed E-state index contributed by atoms with van der Waals surface area (Å²) >= 11 is 0. The Morgan fingerprint density at radius 2 is 1.69 bits per heavy atom. The van der Waals surface area contributed by atoms with Gasteiger partial charge in [-0.15, -0.1) is 6.58 Å². The van der Waals surface area contributed by atoms with E-state index in [2.05, 4.69) is 27.0 Å². The highest BCUT2D eigenvalue weighted by Crippen LogP contribution is 2.38. The van der Waals surface area contributed by atoms with Crippen molar-refractivity contribution in [2.45, 2.75) is 52.1 Å². The molecule has 0 spiro atoms. The summed E-state index contributed by atoms with van der Waals surface area (Å²) in [5, 5.41) is 0. The van der Waals surface area contributed by atoms with Gasteiger partial charge in [-0.2, -0.15) is 13.2 Å². The smallest absolute Gasteiger partial charge is 0.416 e. The van der Waals surface area contributed by atoms with E-state index in [9.17, 15) is 13.2 Å². The second-order valence-corrected chi connectivity index (χ2v) is 9.25. The normalized spacial score (nSPS) is 13.6. The monoisotopic (exact) mass is 504 g/mol. The molecule has 0 aromatic heterocycles. The molecule has 3 unspecified atom stereocenters. The number of hydrogen-bond acceptors (Lipinski definition) is 3. The van der Waals surface area contributed by atoms with Gasteiger partial charge in [-0.25, -0.2) is 0 Å². The summed E-state index contributed by atoms with van der Waals surface area (Å²) in [6, 6.07) is 16.0. The second kappa shape index (κ2) is 16.1. The Kier molecular flexibility index (Phi) is 14.0. The summed E-state index contributed by atoms with van der Waals surface area (Å²) in [6.07, 6.45) is 0.113. The molecule has 6 heteroatoms. The third kappa shape index (κ3) is 10.9. The lowest BCUT2D eigenvalue weighted by atomic mass is 9.78. The fourth-order valence-corrected chi connectivity index (χ4v) is 4.02. The molecule has 36 heavy (non-hydrogen) atoms. The molecule has 0 radical (unpaired) electrons. The van der Waals surface area contributed by atoms with Crippen LogP contribution in [0.3, 0.4) is 0 Å². The van der Waals surface area contributed by atoms with E-state index in [1.807, 2.05) is 55.3 Å². The van der Waals surface area contributed by atoms with Gasteiger partial charge >= 0.3 is 6.18 Å². The Hall–Kier alpha value is -2.73. The van der Waals surface area contributed by atoms with Crippen LogP contribution in [-0.2, 0) is 10.9 Å². The highest BCUT2D eigenvalue weighted by Gasteiger charge is 2.32. The number of hydrogen-bond donors (Lipinski definition) is 1. The standard InChI is InChI=1S/C24H37F3N2O.C6H6/c1-7-20(11-9-17(3)16-30-19(5)29(6)14-13-28)22(8-2)23-15-21(24(25,26)27)12-10-18(23)4;1-2-4-6-5-3-1/h8,10,12,15,17,20,22H,2,5,7,9,11,13-14,16,28H2,1,3-4,6H3;1-6H. The van der Waals surface area contributed by atoms with Crippen LogP contribution >= 0.6 is 0 Å². The number of alkyl halides is 3. The molecular formula is C30H43F3N2O. The first-order chi connectivity index (χ1) is 17.0. The van der Waals surface area contributed by atoms with Crippen LogP contribution in [0.15, 0.2) is 79.7 Å². The van der Waals surface area contributed by atoms with Crippen molar-refractivity contribution in [3.63, 3.8) is 0 Å². The lowest BCUT2D eigenvalue weighted by molar-refractivity contribution is -0.137. The molecule has 2 aromatic rings. The van der Waals surface area contributed by atoms with Crippen molar-refractivity contribution >= 4 is 0 Å². The average Bonchev–Trinajstić information content (AvgIpc) is 2.86. The van der Waals surface area contributed by atoms with E-state index in [1.54, 1.807) is 12.1 Å². The van der Waals surface area contributed by atoms with Crippen LogP contribution in [-0.4, -0.2) is 31.6 Å². The molecule has 0 heterocycles. The largest absolute Gasteiger partial charge is 0.479 e. The van der Waals surface area contributed by atoms with Crippen LogP contribution in [0.2, 0.25) is 0 Å². The SMILES string of the molecule is C=CC(c1cc(C(F)(F)F)ccc1C)C(CC)CCC(C)COC(=C)N(C)CCN.c1ccccc1. The van der Waals surface area contributed by atoms with Gasteiger partial charge in [0.1, 0.15) is 0 Å².